The average Bonchev–Trinajstić information content (AvgIpc) is 2.65. The number of aromatic nitrogens is 2. The van der Waals surface area contributed by atoms with E-state index in [0.717, 1.165) is 27.8 Å². The minimum atomic E-state index is -0.622. The summed E-state index contributed by atoms with van der Waals surface area (Å²) in [5.41, 5.74) is 4.50. The summed E-state index contributed by atoms with van der Waals surface area (Å²) in [6.45, 7) is 11.8. The number of ether oxygens (including phenoxy) is 1. The molecule has 0 spiro atoms. The summed E-state index contributed by atoms with van der Waals surface area (Å²) in [5, 5.41) is 0.628. The fraction of sp³-hybridized carbons (Fsp3) is 0.346. The van der Waals surface area contributed by atoms with Crippen LogP contribution in [0.3, 0.4) is 0 Å². The molecule has 0 unspecified atom stereocenters. The number of carbonyl (C=O) groups excluding carboxylic acids is 1. The first-order valence-corrected chi connectivity index (χ1v) is 11.0. The number of rotatable bonds is 5. The highest BCUT2D eigenvalue weighted by molar-refractivity contribution is 6.30. The van der Waals surface area contributed by atoms with Crippen LogP contribution in [0.15, 0.2) is 47.4 Å². The molecular weight excluding hydrogens is 424 g/mol. The second-order valence-corrected chi connectivity index (χ2v) is 9.60. The van der Waals surface area contributed by atoms with Crippen molar-refractivity contribution in [2.24, 2.45) is 0 Å². The van der Waals surface area contributed by atoms with E-state index in [2.05, 4.69) is 17.1 Å². The molecule has 6 heteroatoms. The Balaban J connectivity index is 2.13. The molecule has 0 aliphatic rings. The third-order valence-electron chi connectivity index (χ3n) is 5.03. The Morgan fingerprint density at radius 3 is 2.22 bits per heavy atom. The van der Waals surface area contributed by atoms with Gasteiger partial charge < -0.3 is 4.74 Å². The van der Waals surface area contributed by atoms with Crippen LogP contribution in [-0.2, 0) is 22.5 Å². The molecule has 32 heavy (non-hydrogen) atoms. The van der Waals surface area contributed by atoms with Crippen molar-refractivity contribution in [1.29, 1.82) is 0 Å². The number of hydrogen-bond donors (Lipinski definition) is 0. The molecule has 0 N–H and O–H groups in total. The van der Waals surface area contributed by atoms with Crippen LogP contribution in [0.2, 0.25) is 5.02 Å². The maximum Gasteiger partial charge on any atom is 0.311 e. The van der Waals surface area contributed by atoms with Gasteiger partial charge >= 0.3 is 5.97 Å². The average molecular weight is 453 g/mol. The summed E-state index contributed by atoms with van der Waals surface area (Å²) in [4.78, 5) is 30.5. The highest BCUT2D eigenvalue weighted by Gasteiger charge is 2.21. The molecule has 0 saturated heterocycles. The van der Waals surface area contributed by atoms with Crippen LogP contribution in [-0.4, -0.2) is 21.1 Å². The fourth-order valence-electron chi connectivity index (χ4n) is 3.84. The lowest BCUT2D eigenvalue weighted by Gasteiger charge is -2.20. The monoisotopic (exact) mass is 452 g/mol. The zero-order valence-corrected chi connectivity index (χ0v) is 20.2. The van der Waals surface area contributed by atoms with E-state index >= 15 is 0 Å². The van der Waals surface area contributed by atoms with E-state index in [1.807, 2.05) is 32.9 Å². The molecule has 0 atom stereocenters. The van der Waals surface area contributed by atoms with Crippen molar-refractivity contribution in [3.8, 4) is 11.4 Å². The van der Waals surface area contributed by atoms with Gasteiger partial charge in [-0.1, -0.05) is 41.4 Å². The quantitative estimate of drug-likeness (QED) is 0.485. The zero-order valence-electron chi connectivity index (χ0n) is 19.5. The highest BCUT2D eigenvalue weighted by Crippen LogP contribution is 2.27. The molecule has 3 rings (SSSR count). The number of halogens is 1. The number of carbonyl (C=O) groups is 1. The minimum Gasteiger partial charge on any atom is -0.460 e. The first kappa shape index (κ1) is 23.7. The standard InChI is InChI=1S/C26H29ClN2O3/c1-16-11-17(2)23(18(3)12-16)24-28-14-20(13-22(30)32-26(4,5)6)25(31)29(24)15-19-7-9-21(27)10-8-19/h7-12,14H,13,15H2,1-6H3. The van der Waals surface area contributed by atoms with Crippen molar-refractivity contribution >= 4 is 17.6 Å². The number of nitrogens with zero attached hydrogens (tertiary/aromatic N) is 2. The van der Waals surface area contributed by atoms with E-state index in [1.165, 1.54) is 6.20 Å². The third-order valence-corrected chi connectivity index (χ3v) is 5.28. The maximum absolute atomic E-state index is 13.5. The van der Waals surface area contributed by atoms with Crippen LogP contribution in [0, 0.1) is 20.8 Å². The molecule has 0 fully saturated rings. The Hall–Kier alpha value is -2.92. The largest absolute Gasteiger partial charge is 0.460 e. The van der Waals surface area contributed by atoms with Crippen molar-refractivity contribution in [2.45, 2.75) is 60.1 Å². The van der Waals surface area contributed by atoms with E-state index in [0.29, 0.717) is 23.0 Å². The summed E-state index contributed by atoms with van der Waals surface area (Å²) in [5.74, 6) is 0.123. The maximum atomic E-state index is 13.5. The van der Waals surface area contributed by atoms with Crippen LogP contribution in [0.1, 0.15) is 48.6 Å². The lowest BCUT2D eigenvalue weighted by Crippen LogP contribution is -2.31. The molecule has 5 nitrogen and oxygen atoms in total. The minimum absolute atomic E-state index is 0.129. The molecule has 0 radical (unpaired) electrons. The van der Waals surface area contributed by atoms with E-state index in [-0.39, 0.29) is 12.0 Å². The summed E-state index contributed by atoms with van der Waals surface area (Å²) in [6.07, 6.45) is 1.37. The highest BCUT2D eigenvalue weighted by atomic mass is 35.5. The fourth-order valence-corrected chi connectivity index (χ4v) is 3.97. The molecule has 2 aromatic carbocycles. The van der Waals surface area contributed by atoms with Gasteiger partial charge in [-0.2, -0.15) is 0 Å². The Bertz CT molecular complexity index is 1180. The van der Waals surface area contributed by atoms with Gasteiger partial charge in [0, 0.05) is 22.3 Å². The molecule has 1 aromatic heterocycles. The predicted molar refractivity (Wildman–Crippen MR) is 128 cm³/mol. The third kappa shape index (κ3) is 5.65. The van der Waals surface area contributed by atoms with Crippen LogP contribution in [0.5, 0.6) is 0 Å². The van der Waals surface area contributed by atoms with Crippen LogP contribution >= 0.6 is 11.6 Å². The molecule has 0 amide bonds. The van der Waals surface area contributed by atoms with Crippen molar-refractivity contribution in [2.75, 3.05) is 0 Å². The van der Waals surface area contributed by atoms with E-state index in [9.17, 15) is 9.59 Å². The van der Waals surface area contributed by atoms with Crippen molar-refractivity contribution in [3.63, 3.8) is 0 Å². The Kier molecular flexibility index (Phi) is 6.89. The van der Waals surface area contributed by atoms with Crippen molar-refractivity contribution in [1.82, 2.24) is 9.55 Å². The molecule has 0 saturated carbocycles. The Morgan fingerprint density at radius 1 is 1.06 bits per heavy atom. The molecule has 0 aliphatic carbocycles. The van der Waals surface area contributed by atoms with Crippen LogP contribution in [0.25, 0.3) is 11.4 Å². The molecule has 0 aliphatic heterocycles. The van der Waals surface area contributed by atoms with Crippen LogP contribution in [0.4, 0.5) is 0 Å². The molecule has 1 heterocycles. The van der Waals surface area contributed by atoms with Gasteiger partial charge in [0.2, 0.25) is 0 Å². The summed E-state index contributed by atoms with van der Waals surface area (Å²) < 4.78 is 7.04. The van der Waals surface area contributed by atoms with E-state index in [4.69, 9.17) is 16.3 Å². The predicted octanol–water partition coefficient (Wildman–Crippen LogP) is 5.42. The summed E-state index contributed by atoms with van der Waals surface area (Å²) in [7, 11) is 0. The van der Waals surface area contributed by atoms with Gasteiger partial charge in [-0.25, -0.2) is 4.98 Å². The number of esters is 1. The number of hydrogen-bond acceptors (Lipinski definition) is 4. The van der Waals surface area contributed by atoms with E-state index < -0.39 is 11.6 Å². The van der Waals surface area contributed by atoms with Crippen LogP contribution < -0.4 is 5.56 Å². The van der Waals surface area contributed by atoms with Crippen molar-refractivity contribution < 1.29 is 9.53 Å². The molecule has 168 valence electrons. The first-order valence-electron chi connectivity index (χ1n) is 10.6. The van der Waals surface area contributed by atoms with Gasteiger partial charge in [-0.05, 0) is 70.4 Å². The lowest BCUT2D eigenvalue weighted by molar-refractivity contribution is -0.153. The SMILES string of the molecule is Cc1cc(C)c(-c2ncc(CC(=O)OC(C)(C)C)c(=O)n2Cc2ccc(Cl)cc2)c(C)c1. The topological polar surface area (TPSA) is 61.2 Å². The van der Waals surface area contributed by atoms with Gasteiger partial charge in [0.15, 0.2) is 0 Å². The second kappa shape index (κ2) is 9.29. The van der Waals surface area contributed by atoms with Gasteiger partial charge in [0.25, 0.3) is 5.56 Å². The van der Waals surface area contributed by atoms with Crippen molar-refractivity contribution in [3.05, 3.63) is 85.8 Å². The molecule has 0 bridgehead atoms. The lowest BCUT2D eigenvalue weighted by atomic mass is 9.98. The molecular formula is C26H29ClN2O3. The Labute approximate surface area is 194 Å². The normalized spacial score (nSPS) is 11.5. The van der Waals surface area contributed by atoms with Gasteiger partial charge in [0.05, 0.1) is 13.0 Å². The van der Waals surface area contributed by atoms with Gasteiger partial charge in [-0.15, -0.1) is 0 Å². The summed E-state index contributed by atoms with van der Waals surface area (Å²) >= 11 is 6.03. The summed E-state index contributed by atoms with van der Waals surface area (Å²) in [6, 6.07) is 11.5. The molecule has 3 aromatic rings. The second-order valence-electron chi connectivity index (χ2n) is 9.16. The van der Waals surface area contributed by atoms with Gasteiger partial charge in [0.1, 0.15) is 11.4 Å². The number of aryl methyl sites for hydroxylation is 3. The number of benzene rings is 2. The smallest absolute Gasteiger partial charge is 0.311 e. The first-order chi connectivity index (χ1) is 14.9. The van der Waals surface area contributed by atoms with Gasteiger partial charge in [-0.3, -0.25) is 14.2 Å². The zero-order chi connectivity index (χ0) is 23.6. The Morgan fingerprint density at radius 2 is 1.66 bits per heavy atom. The van der Waals surface area contributed by atoms with E-state index in [1.54, 1.807) is 37.5 Å².